The predicted octanol–water partition coefficient (Wildman–Crippen LogP) is 1.27. The SMILES string of the molecule is C[C@@H]1CC(N(C)C)[C@@H](OC(=O)c2ccccc2)[C@H](O)O1. The summed E-state index contributed by atoms with van der Waals surface area (Å²) in [5.74, 6) is -0.445. The van der Waals surface area contributed by atoms with E-state index in [1.807, 2.05) is 32.0 Å². The number of nitrogens with zero attached hydrogens (tertiary/aromatic N) is 1. The number of carbonyl (C=O) groups is 1. The third-order valence-electron chi connectivity index (χ3n) is 3.52. The Kier molecular flexibility index (Phi) is 4.75. The second-order valence-corrected chi connectivity index (χ2v) is 5.34. The highest BCUT2D eigenvalue weighted by Gasteiger charge is 2.40. The van der Waals surface area contributed by atoms with Gasteiger partial charge in [-0.25, -0.2) is 4.79 Å². The van der Waals surface area contributed by atoms with E-state index in [2.05, 4.69) is 0 Å². The van der Waals surface area contributed by atoms with Crippen LogP contribution in [0.4, 0.5) is 0 Å². The molecule has 110 valence electrons. The Balaban J connectivity index is 2.11. The summed E-state index contributed by atoms with van der Waals surface area (Å²) in [5, 5.41) is 10.0. The van der Waals surface area contributed by atoms with Crippen LogP contribution in [0.15, 0.2) is 30.3 Å². The van der Waals surface area contributed by atoms with E-state index in [-0.39, 0.29) is 12.1 Å². The molecule has 0 aromatic heterocycles. The second-order valence-electron chi connectivity index (χ2n) is 5.34. The molecule has 0 radical (unpaired) electrons. The fourth-order valence-corrected chi connectivity index (χ4v) is 2.44. The molecule has 1 aromatic rings. The monoisotopic (exact) mass is 279 g/mol. The maximum atomic E-state index is 12.1. The van der Waals surface area contributed by atoms with E-state index in [4.69, 9.17) is 9.47 Å². The lowest BCUT2D eigenvalue weighted by molar-refractivity contribution is -0.230. The minimum atomic E-state index is -1.10. The molecule has 1 aromatic carbocycles. The first kappa shape index (κ1) is 15.0. The predicted molar refractivity (Wildman–Crippen MR) is 74.3 cm³/mol. The van der Waals surface area contributed by atoms with E-state index in [1.165, 1.54) is 0 Å². The molecule has 1 heterocycles. The topological polar surface area (TPSA) is 59.0 Å². The third-order valence-corrected chi connectivity index (χ3v) is 3.52. The average molecular weight is 279 g/mol. The molecule has 0 spiro atoms. The van der Waals surface area contributed by atoms with Crippen LogP contribution in [-0.4, -0.2) is 54.6 Å². The molecule has 1 unspecified atom stereocenters. The van der Waals surface area contributed by atoms with Gasteiger partial charge in [0.15, 0.2) is 12.4 Å². The van der Waals surface area contributed by atoms with Crippen molar-refractivity contribution in [3.8, 4) is 0 Å². The van der Waals surface area contributed by atoms with Gasteiger partial charge in [-0.1, -0.05) is 18.2 Å². The molecule has 1 N–H and O–H groups in total. The van der Waals surface area contributed by atoms with E-state index >= 15 is 0 Å². The van der Waals surface area contributed by atoms with Crippen LogP contribution in [0.3, 0.4) is 0 Å². The fourth-order valence-electron chi connectivity index (χ4n) is 2.44. The number of rotatable bonds is 3. The molecule has 2 rings (SSSR count). The highest BCUT2D eigenvalue weighted by atomic mass is 16.6. The number of hydrogen-bond acceptors (Lipinski definition) is 5. The first-order valence-corrected chi connectivity index (χ1v) is 6.75. The largest absolute Gasteiger partial charge is 0.452 e. The Bertz CT molecular complexity index is 448. The van der Waals surface area contributed by atoms with E-state index in [0.717, 1.165) is 0 Å². The Labute approximate surface area is 119 Å². The van der Waals surface area contributed by atoms with Crippen molar-refractivity contribution < 1.29 is 19.4 Å². The lowest BCUT2D eigenvalue weighted by atomic mass is 9.99. The van der Waals surface area contributed by atoms with E-state index in [9.17, 15) is 9.90 Å². The minimum absolute atomic E-state index is 0.0657. The molecule has 1 aliphatic heterocycles. The van der Waals surface area contributed by atoms with Gasteiger partial charge in [-0.2, -0.15) is 0 Å². The molecule has 4 atom stereocenters. The van der Waals surface area contributed by atoms with E-state index in [0.29, 0.717) is 12.0 Å². The van der Waals surface area contributed by atoms with Gasteiger partial charge in [0.2, 0.25) is 0 Å². The Hall–Kier alpha value is -1.43. The lowest BCUT2D eigenvalue weighted by Crippen LogP contribution is -2.55. The van der Waals surface area contributed by atoms with E-state index < -0.39 is 18.4 Å². The standard InChI is InChI=1S/C15H21NO4/c1-10-9-12(16(2)3)13(15(18)19-10)20-14(17)11-7-5-4-6-8-11/h4-8,10,12-13,15,18H,9H2,1-3H3/t10-,12?,13-,15-/m1/s1. The van der Waals surface area contributed by atoms with Crippen LogP contribution in [0, 0.1) is 0 Å². The van der Waals surface area contributed by atoms with Gasteiger partial charge in [-0.3, -0.25) is 0 Å². The van der Waals surface area contributed by atoms with Gasteiger partial charge in [-0.05, 0) is 39.6 Å². The molecule has 1 saturated heterocycles. The van der Waals surface area contributed by atoms with Crippen molar-refractivity contribution >= 4 is 5.97 Å². The van der Waals surface area contributed by atoms with Crippen molar-refractivity contribution in [3.05, 3.63) is 35.9 Å². The molecule has 5 nitrogen and oxygen atoms in total. The molecule has 0 aliphatic carbocycles. The third kappa shape index (κ3) is 3.36. The van der Waals surface area contributed by atoms with Crippen molar-refractivity contribution in [2.24, 2.45) is 0 Å². The smallest absolute Gasteiger partial charge is 0.338 e. The normalized spacial score (nSPS) is 30.2. The lowest BCUT2D eigenvalue weighted by Gasteiger charge is -2.40. The number of aliphatic hydroxyl groups is 1. The summed E-state index contributed by atoms with van der Waals surface area (Å²) in [5.41, 5.74) is 0.468. The number of aliphatic hydroxyl groups excluding tert-OH is 1. The first-order chi connectivity index (χ1) is 9.49. The highest BCUT2D eigenvalue weighted by Crippen LogP contribution is 2.25. The summed E-state index contributed by atoms with van der Waals surface area (Å²) in [6.45, 7) is 1.90. The molecule has 0 saturated carbocycles. The van der Waals surface area contributed by atoms with Crippen molar-refractivity contribution in [2.75, 3.05) is 14.1 Å². The number of hydrogen-bond donors (Lipinski definition) is 1. The van der Waals surface area contributed by atoms with Gasteiger partial charge in [0, 0.05) is 0 Å². The van der Waals surface area contributed by atoms with Crippen LogP contribution < -0.4 is 0 Å². The van der Waals surface area contributed by atoms with Crippen LogP contribution in [0.5, 0.6) is 0 Å². The summed E-state index contributed by atoms with van der Waals surface area (Å²) in [7, 11) is 3.80. The molecule has 0 bridgehead atoms. The quantitative estimate of drug-likeness (QED) is 0.844. The van der Waals surface area contributed by atoms with Crippen molar-refractivity contribution in [1.29, 1.82) is 0 Å². The van der Waals surface area contributed by atoms with Crippen molar-refractivity contribution in [3.63, 3.8) is 0 Å². The number of likely N-dealkylation sites (N-methyl/N-ethyl adjacent to an activating group) is 1. The Morgan fingerprint density at radius 1 is 1.35 bits per heavy atom. The maximum Gasteiger partial charge on any atom is 0.338 e. The zero-order chi connectivity index (χ0) is 14.7. The summed E-state index contributed by atoms with van der Waals surface area (Å²) in [4.78, 5) is 14.1. The maximum absolute atomic E-state index is 12.1. The molecule has 1 aliphatic rings. The van der Waals surface area contributed by atoms with Crippen molar-refractivity contribution in [2.45, 2.75) is 37.9 Å². The number of benzene rings is 1. The molecule has 5 heteroatoms. The van der Waals surface area contributed by atoms with Crippen LogP contribution in [-0.2, 0) is 9.47 Å². The van der Waals surface area contributed by atoms with Gasteiger partial charge in [-0.15, -0.1) is 0 Å². The van der Waals surface area contributed by atoms with Gasteiger partial charge < -0.3 is 19.5 Å². The first-order valence-electron chi connectivity index (χ1n) is 6.75. The van der Waals surface area contributed by atoms with Gasteiger partial charge >= 0.3 is 5.97 Å². The second kappa shape index (κ2) is 6.35. The average Bonchev–Trinajstić information content (AvgIpc) is 2.42. The minimum Gasteiger partial charge on any atom is -0.452 e. The van der Waals surface area contributed by atoms with E-state index in [1.54, 1.807) is 24.3 Å². The van der Waals surface area contributed by atoms with Crippen LogP contribution in [0.1, 0.15) is 23.7 Å². The Morgan fingerprint density at radius 3 is 2.60 bits per heavy atom. The molecular formula is C15H21NO4. The van der Waals surface area contributed by atoms with Gasteiger partial charge in [0.05, 0.1) is 17.7 Å². The molecule has 1 fully saturated rings. The molecule has 20 heavy (non-hydrogen) atoms. The molecular weight excluding hydrogens is 258 g/mol. The van der Waals surface area contributed by atoms with Crippen molar-refractivity contribution in [1.82, 2.24) is 4.90 Å². The van der Waals surface area contributed by atoms with Crippen LogP contribution in [0.25, 0.3) is 0 Å². The fraction of sp³-hybridized carbons (Fsp3) is 0.533. The highest BCUT2D eigenvalue weighted by molar-refractivity contribution is 5.89. The zero-order valence-corrected chi connectivity index (χ0v) is 12.0. The number of carbonyl (C=O) groups excluding carboxylic acids is 1. The zero-order valence-electron chi connectivity index (χ0n) is 12.0. The summed E-state index contributed by atoms with van der Waals surface area (Å²) in [6.07, 6.45) is -1.15. The summed E-state index contributed by atoms with van der Waals surface area (Å²) < 4.78 is 10.8. The van der Waals surface area contributed by atoms with Gasteiger partial charge in [0.1, 0.15) is 0 Å². The summed E-state index contributed by atoms with van der Waals surface area (Å²) in [6, 6.07) is 8.68. The van der Waals surface area contributed by atoms with Crippen LogP contribution >= 0.6 is 0 Å². The van der Waals surface area contributed by atoms with Gasteiger partial charge in [0.25, 0.3) is 0 Å². The summed E-state index contributed by atoms with van der Waals surface area (Å²) >= 11 is 0. The molecule has 0 amide bonds. The number of esters is 1. The Morgan fingerprint density at radius 2 is 2.00 bits per heavy atom. The van der Waals surface area contributed by atoms with Crippen LogP contribution in [0.2, 0.25) is 0 Å². The number of ether oxygens (including phenoxy) is 2.